The molecule has 1 aromatic heterocycles. The Morgan fingerprint density at radius 1 is 1.18 bits per heavy atom. The van der Waals surface area contributed by atoms with Gasteiger partial charge in [-0.3, -0.25) is 18.9 Å². The van der Waals surface area contributed by atoms with Crippen LogP contribution >= 0.6 is 35.7 Å². The molecule has 1 aromatic rings. The first kappa shape index (κ1) is 29.3. The highest BCUT2D eigenvalue weighted by Crippen LogP contribution is 2.66. The van der Waals surface area contributed by atoms with Crippen molar-refractivity contribution in [1.29, 1.82) is 0 Å². The molecule has 3 unspecified atom stereocenters. The molecule has 2 heterocycles. The summed E-state index contributed by atoms with van der Waals surface area (Å²) in [6.07, 6.45) is -14.7. The van der Waals surface area contributed by atoms with Gasteiger partial charge in [0.15, 0.2) is 11.0 Å². The largest absolute Gasteiger partial charge is 0.490 e. The van der Waals surface area contributed by atoms with Gasteiger partial charge in [0.25, 0.3) is 11.2 Å². The molecule has 0 radical (unpaired) electrons. The maximum absolute atomic E-state index is 15.1. The Hall–Kier alpha value is -0.920. The summed E-state index contributed by atoms with van der Waals surface area (Å²) in [5.74, 6) is -1.73. The van der Waals surface area contributed by atoms with Crippen molar-refractivity contribution in [2.45, 2.75) is 30.3 Å². The van der Waals surface area contributed by atoms with Gasteiger partial charge in [-0.1, -0.05) is 0 Å². The van der Waals surface area contributed by atoms with E-state index in [4.69, 9.17) is 14.7 Å². The van der Waals surface area contributed by atoms with Crippen LogP contribution in [0.15, 0.2) is 11.0 Å². The third kappa shape index (κ3) is 6.44. The minimum atomic E-state index is -5.99. The van der Waals surface area contributed by atoms with Crippen LogP contribution in [-0.4, -0.2) is 64.9 Å². The van der Waals surface area contributed by atoms with E-state index in [0.29, 0.717) is 0 Å². The van der Waals surface area contributed by atoms with Crippen LogP contribution in [0.5, 0.6) is 0 Å². The molecule has 0 aliphatic carbocycles. The molecule has 6 atom stereocenters. The summed E-state index contributed by atoms with van der Waals surface area (Å²) in [5, 5.41) is 9.92. The predicted molar refractivity (Wildman–Crippen MR) is 95.5 cm³/mol. The topological polar surface area (TPSA) is 227 Å². The molecule has 0 spiro atoms. The van der Waals surface area contributed by atoms with Crippen molar-refractivity contribution in [1.82, 2.24) is 9.55 Å². The first-order valence-corrected chi connectivity index (χ1v) is 12.9. The summed E-state index contributed by atoms with van der Waals surface area (Å²) >= 11 is 4.54. The van der Waals surface area contributed by atoms with Gasteiger partial charge in [0.1, 0.15) is 12.2 Å². The number of hydrogen-bond donors (Lipinski definition) is 6. The zero-order valence-electron chi connectivity index (χ0n) is 15.6. The van der Waals surface area contributed by atoms with E-state index in [1.54, 1.807) is 4.98 Å². The van der Waals surface area contributed by atoms with Crippen molar-refractivity contribution in [3.8, 4) is 0 Å². The lowest BCUT2D eigenvalue weighted by atomic mass is 9.95. The zero-order chi connectivity index (χ0) is 26.5. The van der Waals surface area contributed by atoms with Gasteiger partial charge < -0.3 is 29.4 Å². The summed E-state index contributed by atoms with van der Waals surface area (Å²) < 4.78 is 117. The number of hydrogen-bond acceptors (Lipinski definition) is 10. The van der Waals surface area contributed by atoms with Crippen molar-refractivity contribution in [3.05, 3.63) is 27.1 Å². The lowest BCUT2D eigenvalue weighted by molar-refractivity contribution is -0.274. The first-order valence-electron chi connectivity index (χ1n) is 7.98. The van der Waals surface area contributed by atoms with Crippen LogP contribution in [-0.2, 0) is 31.6 Å². The van der Waals surface area contributed by atoms with Gasteiger partial charge in [0, 0.05) is 0 Å². The molecule has 15 nitrogen and oxygen atoms in total. The number of aromatic nitrogens is 2. The highest BCUT2D eigenvalue weighted by molar-refractivity contribution is 7.71. The normalized spacial score (nSPS) is 29.5. The SMILES string of the molecule is O=c1[nH]c(=S)n([C@@H]2O[C@H](COP(=O)(O)OP(=O)(O)OP(=O)(O)O)C(O)[C@]2(F)C(F)(F)F)cc1F. The summed E-state index contributed by atoms with van der Waals surface area (Å²) in [6.45, 7) is -1.68. The van der Waals surface area contributed by atoms with E-state index in [9.17, 15) is 46.1 Å². The van der Waals surface area contributed by atoms with Crippen LogP contribution < -0.4 is 5.56 Å². The van der Waals surface area contributed by atoms with Gasteiger partial charge in [0.05, 0.1) is 12.8 Å². The van der Waals surface area contributed by atoms with Gasteiger partial charge in [-0.25, -0.2) is 18.1 Å². The van der Waals surface area contributed by atoms with Crippen LogP contribution in [0, 0.1) is 10.6 Å². The van der Waals surface area contributed by atoms with Gasteiger partial charge >= 0.3 is 29.6 Å². The quantitative estimate of drug-likeness (QED) is 0.141. The van der Waals surface area contributed by atoms with E-state index in [0.717, 1.165) is 0 Å². The Morgan fingerprint density at radius 3 is 2.24 bits per heavy atom. The number of halogens is 5. The van der Waals surface area contributed by atoms with E-state index >= 15 is 4.39 Å². The minimum Gasteiger partial charge on any atom is -0.386 e. The highest BCUT2D eigenvalue weighted by Gasteiger charge is 2.73. The third-order valence-corrected chi connectivity index (χ3v) is 7.99. The number of aliphatic hydroxyl groups excluding tert-OH is 1. The molecule has 0 aromatic carbocycles. The number of nitrogens with one attached hydrogen (secondary N) is 1. The molecule has 1 saturated heterocycles. The fourth-order valence-corrected chi connectivity index (χ4v) is 5.84. The lowest BCUT2D eigenvalue weighted by Gasteiger charge is -2.31. The zero-order valence-corrected chi connectivity index (χ0v) is 19.1. The molecule has 34 heavy (non-hydrogen) atoms. The molecule has 6 N–H and O–H groups in total. The number of phosphoric acid groups is 3. The summed E-state index contributed by atoms with van der Waals surface area (Å²) in [5.41, 5.74) is -6.26. The van der Waals surface area contributed by atoms with Crippen LogP contribution in [0.2, 0.25) is 0 Å². The smallest absolute Gasteiger partial charge is 0.386 e. The molecule has 1 aliphatic heterocycles. The van der Waals surface area contributed by atoms with Crippen molar-refractivity contribution < 1.29 is 78.2 Å². The average molecular weight is 588 g/mol. The van der Waals surface area contributed by atoms with E-state index in [-0.39, 0.29) is 10.8 Å². The minimum absolute atomic E-state index is 0.0311. The first-order chi connectivity index (χ1) is 15.1. The van der Waals surface area contributed by atoms with Crippen molar-refractivity contribution in [2.75, 3.05) is 6.61 Å². The van der Waals surface area contributed by atoms with Crippen molar-refractivity contribution in [3.63, 3.8) is 0 Å². The molecule has 24 heteroatoms. The van der Waals surface area contributed by atoms with Crippen molar-refractivity contribution >= 4 is 35.7 Å². The fourth-order valence-electron chi connectivity index (χ4n) is 2.57. The Balaban J connectivity index is 2.33. The number of H-pyrrole nitrogens is 1. The van der Waals surface area contributed by atoms with E-state index < -0.39 is 76.5 Å². The number of aromatic amines is 1. The molecule has 1 fully saturated rings. The maximum Gasteiger partial charge on any atom is 0.490 e. The molecule has 2 rings (SSSR count). The second kappa shape index (κ2) is 9.51. The second-order valence-corrected chi connectivity index (χ2v) is 11.1. The average Bonchev–Trinajstić information content (AvgIpc) is 2.85. The Kier molecular flexibility index (Phi) is 8.20. The lowest BCUT2D eigenvalue weighted by Crippen LogP contribution is -2.54. The standard InChI is InChI=1S/C10H12F5N2O13P3S/c11-3-1-17(8(34)16-6(3)19)7-9(12,10(13,14)15)5(18)4(28-7)2-27-32(23,24)30-33(25,26)29-31(20,21)22/h1,4-5,7,18H,2H2,(H,23,24)(H,25,26)(H,16,19,34)(H2,20,21,22)/t4-,5?,7-,9-/m1/s1. The third-order valence-electron chi connectivity index (χ3n) is 3.87. The van der Waals surface area contributed by atoms with Gasteiger partial charge in [-0.15, -0.1) is 0 Å². The van der Waals surface area contributed by atoms with Crippen LogP contribution in [0.3, 0.4) is 0 Å². The number of phosphoric ester groups is 1. The van der Waals surface area contributed by atoms with Crippen LogP contribution in [0.4, 0.5) is 22.0 Å². The van der Waals surface area contributed by atoms with E-state index in [1.165, 1.54) is 0 Å². The molecule has 1 aliphatic rings. The highest BCUT2D eigenvalue weighted by atomic mass is 32.1. The molecule has 196 valence electrons. The Bertz CT molecular complexity index is 1200. The number of ether oxygens (including phenoxy) is 1. The number of nitrogens with zero attached hydrogens (tertiary/aromatic N) is 1. The number of alkyl halides is 4. The van der Waals surface area contributed by atoms with Gasteiger partial charge in [-0.2, -0.15) is 26.2 Å². The molecular weight excluding hydrogens is 576 g/mol. The van der Waals surface area contributed by atoms with Gasteiger partial charge in [-0.05, 0) is 12.2 Å². The van der Waals surface area contributed by atoms with Gasteiger partial charge in [0.2, 0.25) is 5.82 Å². The Labute approximate surface area is 188 Å². The summed E-state index contributed by atoms with van der Waals surface area (Å²) in [4.78, 5) is 48.0. The predicted octanol–water partition coefficient (Wildman–Crippen LogP) is 0.917. The van der Waals surface area contributed by atoms with E-state index in [1.807, 2.05) is 0 Å². The summed E-state index contributed by atoms with van der Waals surface area (Å²) in [6, 6.07) is 0. The van der Waals surface area contributed by atoms with Crippen LogP contribution in [0.25, 0.3) is 0 Å². The van der Waals surface area contributed by atoms with E-state index in [2.05, 4.69) is 30.1 Å². The summed E-state index contributed by atoms with van der Waals surface area (Å²) in [7, 11) is -17.6. The fraction of sp³-hybridized carbons (Fsp3) is 0.600. The van der Waals surface area contributed by atoms with Crippen LogP contribution in [0.1, 0.15) is 6.23 Å². The number of rotatable bonds is 8. The molecule has 0 amide bonds. The second-order valence-electron chi connectivity index (χ2n) is 6.27. The molecule has 0 bridgehead atoms. The molecule has 0 saturated carbocycles. The Morgan fingerprint density at radius 2 is 1.74 bits per heavy atom. The van der Waals surface area contributed by atoms with Crippen molar-refractivity contribution in [2.24, 2.45) is 0 Å². The molecular formula is C10H12F5N2O13P3S. The monoisotopic (exact) mass is 588 g/mol. The maximum atomic E-state index is 15.1. The number of aliphatic hydroxyl groups is 1.